The van der Waals surface area contributed by atoms with Crippen molar-refractivity contribution in [3.8, 4) is 5.75 Å². The Bertz CT molecular complexity index is 1320. The van der Waals surface area contributed by atoms with Crippen LogP contribution in [0.4, 0.5) is 11.5 Å². The van der Waals surface area contributed by atoms with E-state index in [2.05, 4.69) is 20.3 Å². The Balaban J connectivity index is 1.30. The van der Waals surface area contributed by atoms with Crippen molar-refractivity contribution in [3.63, 3.8) is 0 Å². The number of carbonyl (C=O) groups is 1. The van der Waals surface area contributed by atoms with Gasteiger partial charge in [0.25, 0.3) is 0 Å². The highest BCUT2D eigenvalue weighted by Crippen LogP contribution is 2.42. The van der Waals surface area contributed by atoms with Crippen LogP contribution in [0.1, 0.15) is 28.0 Å². The van der Waals surface area contributed by atoms with Crippen molar-refractivity contribution in [2.45, 2.75) is 31.8 Å². The predicted molar refractivity (Wildman–Crippen MR) is 134 cm³/mol. The zero-order chi connectivity index (χ0) is 23.9. The van der Waals surface area contributed by atoms with E-state index in [1.807, 2.05) is 23.2 Å². The third-order valence-electron chi connectivity index (χ3n) is 7.09. The molecular weight excluding hydrogens is 466 g/mol. The van der Waals surface area contributed by atoms with Gasteiger partial charge in [-0.3, -0.25) is 9.79 Å². The Morgan fingerprint density at radius 2 is 2.23 bits per heavy atom. The highest BCUT2D eigenvalue weighted by molar-refractivity contribution is 7.19. The number of nitrogens with one attached hydrogen (secondary N) is 1. The molecule has 2 aromatic heterocycles. The van der Waals surface area contributed by atoms with E-state index in [4.69, 9.17) is 9.47 Å². The molecule has 0 bridgehead atoms. The molecule has 6 rings (SSSR count). The Morgan fingerprint density at radius 3 is 3.00 bits per heavy atom. The molecule has 2 aliphatic heterocycles. The number of ether oxygens (including phenoxy) is 2. The molecule has 35 heavy (non-hydrogen) atoms. The van der Waals surface area contributed by atoms with Crippen molar-refractivity contribution in [1.82, 2.24) is 14.9 Å². The number of aliphatic imine (C=N–C) groups is 1. The van der Waals surface area contributed by atoms with Crippen LogP contribution in [0.15, 0.2) is 23.5 Å². The van der Waals surface area contributed by atoms with Gasteiger partial charge in [-0.05, 0) is 48.1 Å². The molecule has 2 N–H and O–H groups in total. The summed E-state index contributed by atoms with van der Waals surface area (Å²) in [5.74, 6) is 1.52. The number of benzene rings is 1. The van der Waals surface area contributed by atoms with E-state index in [9.17, 15) is 9.90 Å². The molecule has 1 aliphatic carbocycles. The maximum atomic E-state index is 13.3. The first kappa shape index (κ1) is 22.4. The number of aliphatic hydroxyl groups excluding tert-OH is 1. The van der Waals surface area contributed by atoms with Crippen LogP contribution in [0.3, 0.4) is 0 Å². The molecule has 1 aromatic carbocycles. The molecule has 3 aliphatic rings. The fourth-order valence-corrected chi connectivity index (χ4v) is 6.43. The summed E-state index contributed by atoms with van der Waals surface area (Å²) in [6.07, 6.45) is 5.70. The number of anilines is 2. The first-order chi connectivity index (χ1) is 17.2. The van der Waals surface area contributed by atoms with E-state index in [1.165, 1.54) is 10.4 Å². The molecule has 182 valence electrons. The summed E-state index contributed by atoms with van der Waals surface area (Å²) < 4.78 is 10.9. The van der Waals surface area contributed by atoms with Crippen molar-refractivity contribution < 1.29 is 19.4 Å². The van der Waals surface area contributed by atoms with Crippen LogP contribution in [0.5, 0.6) is 5.75 Å². The number of hydrogen-bond acceptors (Lipinski definition) is 9. The lowest BCUT2D eigenvalue weighted by Gasteiger charge is -2.39. The van der Waals surface area contributed by atoms with E-state index in [0.29, 0.717) is 32.7 Å². The first-order valence-corrected chi connectivity index (χ1v) is 12.7. The van der Waals surface area contributed by atoms with Crippen molar-refractivity contribution >= 4 is 45.2 Å². The van der Waals surface area contributed by atoms with Crippen LogP contribution in [-0.2, 0) is 28.9 Å². The summed E-state index contributed by atoms with van der Waals surface area (Å²) >= 11 is 1.64. The van der Waals surface area contributed by atoms with Crippen LogP contribution in [0.2, 0.25) is 0 Å². The Hall–Kier alpha value is -3.08. The number of carbonyl (C=O) groups excluding carboxylic acids is 1. The molecule has 0 unspecified atom stereocenters. The highest BCUT2D eigenvalue weighted by atomic mass is 32.1. The number of nitrogens with zero attached hydrogens (tertiary/aromatic N) is 4. The quantitative estimate of drug-likeness (QED) is 0.521. The Labute approximate surface area is 206 Å². The molecule has 1 atom stereocenters. The number of thiophene rings is 1. The minimum atomic E-state index is -0.0943. The predicted octanol–water partition coefficient (Wildman–Crippen LogP) is 2.70. The molecule has 9 nitrogen and oxygen atoms in total. The molecule has 0 radical (unpaired) electrons. The minimum Gasteiger partial charge on any atom is -0.495 e. The molecule has 1 fully saturated rings. The van der Waals surface area contributed by atoms with Crippen LogP contribution < -0.4 is 10.1 Å². The highest BCUT2D eigenvalue weighted by Gasteiger charge is 2.36. The van der Waals surface area contributed by atoms with Gasteiger partial charge in [-0.2, -0.15) is 0 Å². The van der Waals surface area contributed by atoms with Crippen LogP contribution in [-0.4, -0.2) is 71.6 Å². The zero-order valence-corrected chi connectivity index (χ0v) is 20.3. The third-order valence-corrected chi connectivity index (χ3v) is 8.25. The van der Waals surface area contributed by atoms with Crippen molar-refractivity contribution in [3.05, 3.63) is 40.0 Å². The number of rotatable bonds is 7. The van der Waals surface area contributed by atoms with E-state index in [0.717, 1.165) is 51.4 Å². The fourth-order valence-electron chi connectivity index (χ4n) is 5.17. The molecule has 0 spiro atoms. The van der Waals surface area contributed by atoms with Gasteiger partial charge in [0.1, 0.15) is 22.7 Å². The summed E-state index contributed by atoms with van der Waals surface area (Å²) in [7, 11) is 1.66. The third kappa shape index (κ3) is 3.95. The van der Waals surface area contributed by atoms with Gasteiger partial charge in [-0.25, -0.2) is 9.97 Å². The second kappa shape index (κ2) is 9.18. The molecule has 0 saturated carbocycles. The van der Waals surface area contributed by atoms with Gasteiger partial charge >= 0.3 is 0 Å². The lowest BCUT2D eigenvalue weighted by atomic mass is 9.86. The summed E-state index contributed by atoms with van der Waals surface area (Å²) in [5.41, 5.74) is 4.29. The molecule has 4 heterocycles. The summed E-state index contributed by atoms with van der Waals surface area (Å²) in [5, 5.41) is 14.0. The normalized spacial score (nSPS) is 18.7. The van der Waals surface area contributed by atoms with Gasteiger partial charge in [0.05, 0.1) is 50.6 Å². The second-order valence-electron chi connectivity index (χ2n) is 9.14. The van der Waals surface area contributed by atoms with E-state index >= 15 is 0 Å². The Kier molecular flexibility index (Phi) is 5.87. The molecule has 3 aromatic rings. The first-order valence-electron chi connectivity index (χ1n) is 11.9. The van der Waals surface area contributed by atoms with Gasteiger partial charge in [-0.15, -0.1) is 11.3 Å². The topological polar surface area (TPSA) is 109 Å². The van der Waals surface area contributed by atoms with Crippen molar-refractivity contribution in [1.29, 1.82) is 0 Å². The molecule has 1 saturated heterocycles. The number of aromatic nitrogens is 2. The lowest BCUT2D eigenvalue weighted by Crippen LogP contribution is -2.54. The fraction of sp³-hybridized carbons (Fsp3) is 0.440. The Morgan fingerprint density at radius 1 is 1.34 bits per heavy atom. The SMILES string of the molecule is COc1cc2c(cc1Nc1ncnc3sc4c(c13)CC[C@H](C(=O)N(CCO)C1COC1)C4)C=NC2. The van der Waals surface area contributed by atoms with Crippen molar-refractivity contribution in [2.24, 2.45) is 10.9 Å². The van der Waals surface area contributed by atoms with E-state index in [-0.39, 0.29) is 24.5 Å². The standard InChI is InChI=1S/C25H27N5O4S/c1-33-20-7-16-10-26-9-15(16)6-19(20)29-23-22-18-3-2-14(8-21(18)35-24(22)28-13-27-23)25(32)30(4-5-31)17-11-34-12-17/h6-7,9,13-14,17,31H,2-5,8,10-12H2,1H3,(H,27,28,29)/t14-/m0/s1. The number of methoxy groups -OCH3 is 1. The van der Waals surface area contributed by atoms with Gasteiger partial charge < -0.3 is 24.8 Å². The number of aryl methyl sites for hydroxylation is 1. The van der Waals surface area contributed by atoms with Crippen LogP contribution in [0, 0.1) is 5.92 Å². The smallest absolute Gasteiger partial charge is 0.226 e. The van der Waals surface area contributed by atoms with Crippen molar-refractivity contribution in [2.75, 3.05) is 38.8 Å². The van der Waals surface area contributed by atoms with Gasteiger partial charge in [0.15, 0.2) is 0 Å². The summed E-state index contributed by atoms with van der Waals surface area (Å²) in [6, 6.07) is 4.15. The molecule has 1 amide bonds. The summed E-state index contributed by atoms with van der Waals surface area (Å²) in [4.78, 5) is 30.7. The molecular formula is C25H27N5O4S. The number of hydrogen-bond donors (Lipinski definition) is 2. The van der Waals surface area contributed by atoms with E-state index in [1.54, 1.807) is 24.8 Å². The molecule has 10 heteroatoms. The number of amides is 1. The minimum absolute atomic E-state index is 0.0360. The van der Waals surface area contributed by atoms with Crippen LogP contribution in [0.25, 0.3) is 10.2 Å². The number of aliphatic hydroxyl groups is 1. The monoisotopic (exact) mass is 493 g/mol. The number of fused-ring (bicyclic) bond motifs is 4. The van der Waals surface area contributed by atoms with Gasteiger partial charge in [0, 0.05) is 23.6 Å². The average Bonchev–Trinajstić information content (AvgIpc) is 3.45. The lowest BCUT2D eigenvalue weighted by molar-refractivity contribution is -0.150. The zero-order valence-electron chi connectivity index (χ0n) is 19.5. The summed E-state index contributed by atoms with van der Waals surface area (Å²) in [6.45, 7) is 2.09. The van der Waals surface area contributed by atoms with E-state index < -0.39 is 0 Å². The maximum Gasteiger partial charge on any atom is 0.226 e. The largest absolute Gasteiger partial charge is 0.495 e. The van der Waals surface area contributed by atoms with Gasteiger partial charge in [0.2, 0.25) is 5.91 Å². The second-order valence-corrected chi connectivity index (χ2v) is 10.2. The average molecular weight is 494 g/mol. The van der Waals surface area contributed by atoms with Crippen LogP contribution >= 0.6 is 11.3 Å². The van der Waals surface area contributed by atoms with Gasteiger partial charge in [-0.1, -0.05) is 0 Å². The maximum absolute atomic E-state index is 13.3.